The lowest BCUT2D eigenvalue weighted by Gasteiger charge is -2.25. The molecule has 0 fully saturated rings. The van der Waals surface area contributed by atoms with Gasteiger partial charge in [0.05, 0.1) is 19.1 Å². The maximum atomic E-state index is 13.6. The van der Waals surface area contributed by atoms with E-state index in [1.54, 1.807) is 13.8 Å². The topological polar surface area (TPSA) is 69.6 Å². The van der Waals surface area contributed by atoms with Crippen molar-refractivity contribution in [2.45, 2.75) is 38.9 Å². The molecule has 0 radical (unpaired) electrons. The maximum Gasteiger partial charge on any atom is 0.222 e. The molecule has 3 N–H and O–H groups in total. The van der Waals surface area contributed by atoms with E-state index in [-0.39, 0.29) is 24.4 Å². The van der Waals surface area contributed by atoms with E-state index in [0.717, 1.165) is 12.1 Å². The average molecular weight is 301 g/mol. The van der Waals surface area contributed by atoms with E-state index in [0.29, 0.717) is 6.07 Å². The third-order valence-corrected chi connectivity index (χ3v) is 3.31. The molecule has 4 nitrogen and oxygen atoms in total. The second kappa shape index (κ2) is 6.95. The van der Waals surface area contributed by atoms with Crippen LogP contribution in [0.4, 0.5) is 8.78 Å². The summed E-state index contributed by atoms with van der Waals surface area (Å²) < 4.78 is 26.5. The molecule has 2 atom stereocenters. The van der Waals surface area contributed by atoms with Crippen LogP contribution in [0.25, 0.3) is 0 Å². The first-order chi connectivity index (χ1) is 9.63. The van der Waals surface area contributed by atoms with Crippen LogP contribution in [0.5, 0.6) is 0 Å². The Kier molecular flexibility index (Phi) is 5.80. The predicted molar refractivity (Wildman–Crippen MR) is 74.4 cm³/mol. The summed E-state index contributed by atoms with van der Waals surface area (Å²) in [6, 6.07) is 2.85. The van der Waals surface area contributed by atoms with Crippen LogP contribution in [0.2, 0.25) is 0 Å². The first kappa shape index (κ1) is 17.5. The van der Waals surface area contributed by atoms with Crippen LogP contribution in [-0.4, -0.2) is 28.8 Å². The fraction of sp³-hybridized carbons (Fsp3) is 0.533. The molecular formula is C15H21F2NO3. The number of amides is 1. The minimum absolute atomic E-state index is 0.0641. The third kappa shape index (κ3) is 5.06. The number of nitrogens with one attached hydrogen (secondary N) is 1. The Hall–Kier alpha value is -1.53. The van der Waals surface area contributed by atoms with Gasteiger partial charge in [-0.1, -0.05) is 19.9 Å². The summed E-state index contributed by atoms with van der Waals surface area (Å²) in [5, 5.41) is 22.2. The Morgan fingerprint density at radius 2 is 2.00 bits per heavy atom. The predicted octanol–water partition coefficient (Wildman–Crippen LogP) is 1.70. The van der Waals surface area contributed by atoms with Gasteiger partial charge in [-0.25, -0.2) is 8.78 Å². The summed E-state index contributed by atoms with van der Waals surface area (Å²) >= 11 is 0. The molecule has 0 aromatic heterocycles. The number of carbonyl (C=O) groups is 1. The van der Waals surface area contributed by atoms with Gasteiger partial charge in [0, 0.05) is 11.6 Å². The van der Waals surface area contributed by atoms with Crippen molar-refractivity contribution in [3.05, 3.63) is 35.4 Å². The van der Waals surface area contributed by atoms with E-state index < -0.39 is 29.2 Å². The van der Waals surface area contributed by atoms with Crippen molar-refractivity contribution in [1.82, 2.24) is 5.32 Å². The van der Waals surface area contributed by atoms with E-state index in [1.807, 2.05) is 0 Å². The number of benzene rings is 1. The highest BCUT2D eigenvalue weighted by Gasteiger charge is 2.28. The Labute approximate surface area is 122 Å². The second-order valence-electron chi connectivity index (χ2n) is 5.69. The van der Waals surface area contributed by atoms with Crippen LogP contribution < -0.4 is 5.32 Å². The number of halogens is 2. The van der Waals surface area contributed by atoms with E-state index >= 15 is 0 Å². The van der Waals surface area contributed by atoms with Crippen molar-refractivity contribution in [2.75, 3.05) is 6.54 Å². The lowest BCUT2D eigenvalue weighted by molar-refractivity contribution is -0.124. The highest BCUT2D eigenvalue weighted by Crippen LogP contribution is 2.23. The van der Waals surface area contributed by atoms with Gasteiger partial charge in [-0.2, -0.15) is 0 Å². The zero-order valence-corrected chi connectivity index (χ0v) is 12.4. The molecule has 2 unspecified atom stereocenters. The molecule has 0 saturated carbocycles. The van der Waals surface area contributed by atoms with Crippen molar-refractivity contribution >= 4 is 5.91 Å². The van der Waals surface area contributed by atoms with Crippen LogP contribution in [0.15, 0.2) is 18.2 Å². The van der Waals surface area contributed by atoms with Crippen molar-refractivity contribution in [3.63, 3.8) is 0 Å². The molecule has 1 aromatic rings. The summed E-state index contributed by atoms with van der Waals surface area (Å²) in [6.45, 7) is 4.64. The molecule has 1 aromatic carbocycles. The lowest BCUT2D eigenvalue weighted by atomic mass is 9.95. The summed E-state index contributed by atoms with van der Waals surface area (Å²) in [4.78, 5) is 11.6. The molecule has 0 aliphatic heterocycles. The molecule has 1 amide bonds. The molecule has 1 rings (SSSR count). The largest absolute Gasteiger partial charge is 0.392 e. The number of rotatable bonds is 6. The number of carbonyl (C=O) groups excluding carboxylic acids is 1. The second-order valence-corrected chi connectivity index (χ2v) is 5.69. The number of aliphatic hydroxyl groups is 2. The van der Waals surface area contributed by atoms with Crippen molar-refractivity contribution in [1.29, 1.82) is 0 Å². The van der Waals surface area contributed by atoms with Gasteiger partial charge in [0.2, 0.25) is 5.91 Å². The van der Waals surface area contributed by atoms with Gasteiger partial charge in [0.15, 0.2) is 0 Å². The maximum absolute atomic E-state index is 13.6. The van der Waals surface area contributed by atoms with E-state index in [9.17, 15) is 23.8 Å². The highest BCUT2D eigenvalue weighted by atomic mass is 19.1. The van der Waals surface area contributed by atoms with Gasteiger partial charge in [0.1, 0.15) is 17.2 Å². The first-order valence-electron chi connectivity index (χ1n) is 6.76. The molecule has 0 saturated heterocycles. The molecule has 0 bridgehead atoms. The zero-order valence-electron chi connectivity index (χ0n) is 12.4. The van der Waals surface area contributed by atoms with Gasteiger partial charge in [-0.05, 0) is 18.9 Å². The normalized spacial score (nSPS) is 15.6. The van der Waals surface area contributed by atoms with Gasteiger partial charge >= 0.3 is 0 Å². The smallest absolute Gasteiger partial charge is 0.222 e. The van der Waals surface area contributed by atoms with Crippen molar-refractivity contribution in [2.24, 2.45) is 5.92 Å². The summed E-state index contributed by atoms with van der Waals surface area (Å²) in [7, 11) is 0. The van der Waals surface area contributed by atoms with E-state index in [1.165, 1.54) is 6.92 Å². The van der Waals surface area contributed by atoms with Crippen LogP contribution in [-0.2, 0) is 10.4 Å². The molecule has 21 heavy (non-hydrogen) atoms. The quantitative estimate of drug-likeness (QED) is 0.749. The molecule has 118 valence electrons. The fourth-order valence-corrected chi connectivity index (χ4v) is 1.79. The van der Waals surface area contributed by atoms with Crippen LogP contribution in [0.1, 0.15) is 32.8 Å². The Balaban J connectivity index is 2.66. The van der Waals surface area contributed by atoms with Crippen molar-refractivity contribution < 1.29 is 23.8 Å². The number of aliphatic hydroxyl groups excluding tert-OH is 1. The standard InChI is InChI=1S/C15H21F2NO3/c1-9(2)13(19)7-14(20)18-8-15(3,21)11-5-4-10(16)6-12(11)17/h4-6,9,13,19,21H,7-8H2,1-3H3,(H,18,20). The van der Waals surface area contributed by atoms with E-state index in [4.69, 9.17) is 0 Å². The SMILES string of the molecule is CC(C)C(O)CC(=O)NCC(C)(O)c1ccc(F)cc1F. The fourth-order valence-electron chi connectivity index (χ4n) is 1.79. The van der Waals surface area contributed by atoms with Gasteiger partial charge < -0.3 is 15.5 Å². The van der Waals surface area contributed by atoms with Crippen molar-refractivity contribution in [3.8, 4) is 0 Å². The molecule has 6 heteroatoms. The summed E-state index contributed by atoms with van der Waals surface area (Å²) in [5.74, 6) is -2.13. The lowest BCUT2D eigenvalue weighted by Crippen LogP contribution is -2.40. The first-order valence-corrected chi connectivity index (χ1v) is 6.76. The highest BCUT2D eigenvalue weighted by molar-refractivity contribution is 5.76. The van der Waals surface area contributed by atoms with E-state index in [2.05, 4.69) is 5.32 Å². The molecule has 0 aliphatic rings. The number of hydrogen-bond acceptors (Lipinski definition) is 3. The van der Waals surface area contributed by atoms with Gasteiger partial charge in [-0.15, -0.1) is 0 Å². The van der Waals surface area contributed by atoms with Crippen LogP contribution >= 0.6 is 0 Å². The Morgan fingerprint density at radius 1 is 1.38 bits per heavy atom. The monoisotopic (exact) mass is 301 g/mol. The molecular weight excluding hydrogens is 280 g/mol. The molecule has 0 heterocycles. The van der Waals surface area contributed by atoms with Gasteiger partial charge in [-0.3, -0.25) is 4.79 Å². The van der Waals surface area contributed by atoms with Gasteiger partial charge in [0.25, 0.3) is 0 Å². The number of hydrogen-bond donors (Lipinski definition) is 3. The molecule has 0 aliphatic carbocycles. The average Bonchev–Trinajstić information content (AvgIpc) is 2.35. The Morgan fingerprint density at radius 3 is 2.52 bits per heavy atom. The third-order valence-electron chi connectivity index (χ3n) is 3.31. The van der Waals surface area contributed by atoms with Crippen LogP contribution in [0, 0.1) is 17.6 Å². The minimum atomic E-state index is -1.67. The zero-order chi connectivity index (χ0) is 16.2. The summed E-state index contributed by atoms with van der Waals surface area (Å²) in [5.41, 5.74) is -1.77. The Bertz CT molecular complexity index is 504. The molecule has 0 spiro atoms. The van der Waals surface area contributed by atoms with Crippen LogP contribution in [0.3, 0.4) is 0 Å². The summed E-state index contributed by atoms with van der Waals surface area (Å²) in [6.07, 6.45) is -0.878. The minimum Gasteiger partial charge on any atom is -0.392 e.